The van der Waals surface area contributed by atoms with Gasteiger partial charge in [-0.3, -0.25) is 9.59 Å². The lowest BCUT2D eigenvalue weighted by Crippen LogP contribution is -2.52. The van der Waals surface area contributed by atoms with Gasteiger partial charge in [-0.05, 0) is 24.8 Å². The Labute approximate surface area is 167 Å². The summed E-state index contributed by atoms with van der Waals surface area (Å²) in [7, 11) is 1.31. The summed E-state index contributed by atoms with van der Waals surface area (Å²) >= 11 is 0. The highest BCUT2D eigenvalue weighted by molar-refractivity contribution is 5.90. The molecule has 0 spiro atoms. The molecule has 0 fully saturated rings. The number of unbranched alkanes of at least 4 members (excludes halogenated alkanes) is 4. The molecule has 154 valence electrons. The van der Waals surface area contributed by atoms with Crippen LogP contribution < -0.4 is 10.6 Å². The molecule has 0 saturated heterocycles. The van der Waals surface area contributed by atoms with Crippen molar-refractivity contribution in [2.24, 2.45) is 0 Å². The lowest BCUT2D eigenvalue weighted by Gasteiger charge is -2.22. The van der Waals surface area contributed by atoms with Crippen LogP contribution in [0, 0.1) is 0 Å². The van der Waals surface area contributed by atoms with Crippen LogP contribution in [0.2, 0.25) is 0 Å². The summed E-state index contributed by atoms with van der Waals surface area (Å²) in [5.74, 6) is -1.16. The number of benzene rings is 1. The van der Waals surface area contributed by atoms with Crippen molar-refractivity contribution < 1.29 is 19.1 Å². The maximum Gasteiger partial charge on any atom is 0.328 e. The fourth-order valence-electron chi connectivity index (χ4n) is 2.96. The Morgan fingerprint density at radius 2 is 1.71 bits per heavy atom. The highest BCUT2D eigenvalue weighted by Gasteiger charge is 2.26. The van der Waals surface area contributed by atoms with Gasteiger partial charge in [-0.2, -0.15) is 0 Å². The molecule has 1 aromatic carbocycles. The average Bonchev–Trinajstić information content (AvgIpc) is 2.68. The number of carbonyl (C=O) groups is 3. The van der Waals surface area contributed by atoms with Gasteiger partial charge in [0.05, 0.1) is 7.11 Å². The van der Waals surface area contributed by atoms with Gasteiger partial charge in [0.25, 0.3) is 0 Å². The first-order chi connectivity index (χ1) is 13.5. The number of allylic oxidation sites excluding steroid dienone is 1. The molecular weight excluding hydrogens is 356 g/mol. The summed E-state index contributed by atoms with van der Waals surface area (Å²) in [6.07, 6.45) is 7.63. The zero-order valence-electron chi connectivity index (χ0n) is 16.9. The van der Waals surface area contributed by atoms with E-state index in [9.17, 15) is 14.4 Å². The van der Waals surface area contributed by atoms with Crippen LogP contribution in [0.15, 0.2) is 43.0 Å². The van der Waals surface area contributed by atoms with Crippen LogP contribution >= 0.6 is 0 Å². The van der Waals surface area contributed by atoms with Crippen LogP contribution in [-0.2, 0) is 25.5 Å². The SMILES string of the molecule is C=CCCCCCC[C@@H](NC(=O)[C@@H](Cc1ccccc1)NC(C)=O)C(=O)OC. The minimum atomic E-state index is -0.750. The van der Waals surface area contributed by atoms with Crippen molar-refractivity contribution in [3.63, 3.8) is 0 Å². The summed E-state index contributed by atoms with van der Waals surface area (Å²) < 4.78 is 4.83. The first kappa shape index (κ1) is 23.4. The summed E-state index contributed by atoms with van der Waals surface area (Å²) in [6.45, 7) is 5.07. The zero-order chi connectivity index (χ0) is 20.8. The Kier molecular flexibility index (Phi) is 11.3. The summed E-state index contributed by atoms with van der Waals surface area (Å²) in [5.41, 5.74) is 0.924. The van der Waals surface area contributed by atoms with Crippen LogP contribution in [0.5, 0.6) is 0 Å². The van der Waals surface area contributed by atoms with Crippen molar-refractivity contribution in [2.45, 2.75) is 64.0 Å². The quantitative estimate of drug-likeness (QED) is 0.309. The van der Waals surface area contributed by atoms with E-state index in [1.807, 2.05) is 36.4 Å². The maximum atomic E-state index is 12.7. The van der Waals surface area contributed by atoms with Crippen molar-refractivity contribution in [3.8, 4) is 0 Å². The third-order valence-corrected chi connectivity index (χ3v) is 4.43. The largest absolute Gasteiger partial charge is 0.467 e. The van der Waals surface area contributed by atoms with Crippen molar-refractivity contribution in [2.75, 3.05) is 7.11 Å². The van der Waals surface area contributed by atoms with Crippen LogP contribution in [0.4, 0.5) is 0 Å². The van der Waals surface area contributed by atoms with E-state index in [4.69, 9.17) is 4.74 Å². The molecule has 6 nitrogen and oxygen atoms in total. The molecule has 1 aromatic rings. The van der Waals surface area contributed by atoms with Crippen LogP contribution in [0.3, 0.4) is 0 Å². The minimum Gasteiger partial charge on any atom is -0.467 e. The van der Waals surface area contributed by atoms with Gasteiger partial charge in [-0.25, -0.2) is 4.79 Å². The molecule has 0 unspecified atom stereocenters. The number of esters is 1. The first-order valence-corrected chi connectivity index (χ1v) is 9.78. The molecule has 0 aliphatic heterocycles. The van der Waals surface area contributed by atoms with E-state index in [1.165, 1.54) is 14.0 Å². The second-order valence-electron chi connectivity index (χ2n) is 6.81. The minimum absolute atomic E-state index is 0.298. The molecule has 0 radical (unpaired) electrons. The fraction of sp³-hybridized carbons (Fsp3) is 0.500. The Bertz CT molecular complexity index is 631. The number of nitrogens with one attached hydrogen (secondary N) is 2. The van der Waals surface area contributed by atoms with E-state index < -0.39 is 18.1 Å². The molecular formula is C22H32N2O4. The number of carbonyl (C=O) groups excluding carboxylic acids is 3. The van der Waals surface area contributed by atoms with Gasteiger partial charge in [0.1, 0.15) is 12.1 Å². The Balaban J connectivity index is 2.68. The predicted molar refractivity (Wildman–Crippen MR) is 110 cm³/mol. The van der Waals surface area contributed by atoms with Gasteiger partial charge in [-0.1, -0.05) is 55.7 Å². The molecule has 2 N–H and O–H groups in total. The monoisotopic (exact) mass is 388 g/mol. The second-order valence-corrected chi connectivity index (χ2v) is 6.81. The lowest BCUT2D eigenvalue weighted by molar-refractivity contribution is -0.145. The van der Waals surface area contributed by atoms with Gasteiger partial charge in [-0.15, -0.1) is 6.58 Å². The number of hydrogen-bond acceptors (Lipinski definition) is 4. The lowest BCUT2D eigenvalue weighted by atomic mass is 10.0. The van der Waals surface area contributed by atoms with E-state index in [-0.39, 0.29) is 11.8 Å². The van der Waals surface area contributed by atoms with E-state index >= 15 is 0 Å². The number of ether oxygens (including phenoxy) is 1. The third kappa shape index (κ3) is 9.35. The Morgan fingerprint density at radius 3 is 2.32 bits per heavy atom. The highest BCUT2D eigenvalue weighted by atomic mass is 16.5. The molecule has 1 rings (SSSR count). The molecule has 2 amide bonds. The number of hydrogen-bond donors (Lipinski definition) is 2. The number of rotatable bonds is 13. The maximum absolute atomic E-state index is 12.7. The fourth-order valence-corrected chi connectivity index (χ4v) is 2.96. The highest BCUT2D eigenvalue weighted by Crippen LogP contribution is 2.10. The van der Waals surface area contributed by atoms with Crippen molar-refractivity contribution in [3.05, 3.63) is 48.6 Å². The Morgan fingerprint density at radius 1 is 1.04 bits per heavy atom. The number of amides is 2. The standard InChI is InChI=1S/C22H32N2O4/c1-4-5-6-7-8-12-15-19(22(27)28-3)24-21(26)20(23-17(2)25)16-18-13-10-9-11-14-18/h4,9-11,13-14,19-20H,1,5-8,12,15-16H2,2-3H3,(H,23,25)(H,24,26)/t19-,20-/m1/s1. The molecule has 6 heteroatoms. The number of methoxy groups -OCH3 is 1. The van der Waals surface area contributed by atoms with Crippen molar-refractivity contribution >= 4 is 17.8 Å². The molecule has 2 atom stereocenters. The predicted octanol–water partition coefficient (Wildman–Crippen LogP) is 2.92. The van der Waals surface area contributed by atoms with E-state index in [2.05, 4.69) is 17.2 Å². The van der Waals surface area contributed by atoms with Gasteiger partial charge in [0.15, 0.2) is 0 Å². The van der Waals surface area contributed by atoms with Crippen molar-refractivity contribution in [1.29, 1.82) is 0 Å². The van der Waals surface area contributed by atoms with Crippen LogP contribution in [-0.4, -0.2) is 37.0 Å². The van der Waals surface area contributed by atoms with Gasteiger partial charge in [0, 0.05) is 13.3 Å². The normalized spacial score (nSPS) is 12.5. The molecule has 0 bridgehead atoms. The summed E-state index contributed by atoms with van der Waals surface area (Å²) in [5, 5.41) is 5.42. The smallest absolute Gasteiger partial charge is 0.328 e. The van der Waals surface area contributed by atoms with Gasteiger partial charge < -0.3 is 15.4 Å². The van der Waals surface area contributed by atoms with Crippen molar-refractivity contribution in [1.82, 2.24) is 10.6 Å². The molecule has 0 saturated carbocycles. The van der Waals surface area contributed by atoms with Gasteiger partial charge >= 0.3 is 5.97 Å². The van der Waals surface area contributed by atoms with E-state index in [0.717, 1.165) is 37.7 Å². The first-order valence-electron chi connectivity index (χ1n) is 9.78. The van der Waals surface area contributed by atoms with Crippen LogP contribution in [0.25, 0.3) is 0 Å². The average molecular weight is 389 g/mol. The zero-order valence-corrected chi connectivity index (χ0v) is 16.9. The molecule has 0 heterocycles. The van der Waals surface area contributed by atoms with E-state index in [0.29, 0.717) is 12.8 Å². The van der Waals surface area contributed by atoms with E-state index in [1.54, 1.807) is 0 Å². The topological polar surface area (TPSA) is 84.5 Å². The van der Waals surface area contributed by atoms with Gasteiger partial charge in [0.2, 0.25) is 11.8 Å². The molecule has 28 heavy (non-hydrogen) atoms. The second kappa shape index (κ2) is 13.5. The molecule has 0 aliphatic rings. The third-order valence-electron chi connectivity index (χ3n) is 4.43. The summed E-state index contributed by atoms with van der Waals surface area (Å²) in [6, 6.07) is 7.96. The Hall–Kier alpha value is -2.63. The summed E-state index contributed by atoms with van der Waals surface area (Å²) in [4.78, 5) is 36.4. The molecule has 0 aliphatic carbocycles. The van der Waals surface area contributed by atoms with Crippen LogP contribution in [0.1, 0.15) is 51.0 Å². The molecule has 0 aromatic heterocycles.